The maximum atomic E-state index is 12.7. The van der Waals surface area contributed by atoms with Gasteiger partial charge in [-0.1, -0.05) is 36.4 Å². The lowest BCUT2D eigenvalue weighted by Crippen LogP contribution is -2.50. The van der Waals surface area contributed by atoms with Crippen molar-refractivity contribution in [3.63, 3.8) is 0 Å². The second-order valence-corrected chi connectivity index (χ2v) is 9.14. The van der Waals surface area contributed by atoms with Crippen molar-refractivity contribution in [2.75, 3.05) is 39.3 Å². The lowest BCUT2D eigenvalue weighted by molar-refractivity contribution is 0.0565. The van der Waals surface area contributed by atoms with Crippen molar-refractivity contribution < 1.29 is 18.3 Å². The molecule has 1 N–H and O–H groups in total. The van der Waals surface area contributed by atoms with E-state index in [4.69, 9.17) is 4.74 Å². The first-order valence-corrected chi connectivity index (χ1v) is 11.0. The lowest BCUT2D eigenvalue weighted by atomic mass is 10.1. The monoisotopic (exact) mass is 404 g/mol. The highest BCUT2D eigenvalue weighted by Gasteiger charge is 2.28. The second kappa shape index (κ2) is 9.05. The molecule has 7 heteroatoms. The normalized spacial score (nSPS) is 17.4. The molecular weight excluding hydrogens is 376 g/mol. The van der Waals surface area contributed by atoms with E-state index in [1.165, 1.54) is 4.31 Å². The predicted molar refractivity (Wildman–Crippen MR) is 109 cm³/mol. The molecule has 0 bridgehead atoms. The molecule has 6 nitrogen and oxygen atoms in total. The van der Waals surface area contributed by atoms with Gasteiger partial charge in [0.2, 0.25) is 10.0 Å². The van der Waals surface area contributed by atoms with E-state index in [-0.39, 0.29) is 6.61 Å². The molecule has 1 heterocycles. The number of para-hydroxylation sites is 1. The number of aliphatic hydroxyl groups excluding tert-OH is 1. The fourth-order valence-electron chi connectivity index (χ4n) is 3.45. The van der Waals surface area contributed by atoms with Gasteiger partial charge in [0.1, 0.15) is 18.5 Å². The molecule has 0 aromatic heterocycles. The van der Waals surface area contributed by atoms with Gasteiger partial charge < -0.3 is 9.84 Å². The van der Waals surface area contributed by atoms with Gasteiger partial charge in [-0.05, 0) is 37.1 Å². The summed E-state index contributed by atoms with van der Waals surface area (Å²) in [5, 5.41) is 10.3. The van der Waals surface area contributed by atoms with Crippen LogP contribution >= 0.6 is 0 Å². The van der Waals surface area contributed by atoms with Crippen LogP contribution in [0.1, 0.15) is 11.1 Å². The Hall–Kier alpha value is -1.93. The summed E-state index contributed by atoms with van der Waals surface area (Å²) in [4.78, 5) is 2.40. The summed E-state index contributed by atoms with van der Waals surface area (Å²) in [6, 6.07) is 14.5. The van der Waals surface area contributed by atoms with Crippen LogP contribution in [0.3, 0.4) is 0 Å². The van der Waals surface area contributed by atoms with Crippen LogP contribution in [0.4, 0.5) is 0 Å². The summed E-state index contributed by atoms with van der Waals surface area (Å²) in [6.07, 6.45) is -0.628. The summed E-state index contributed by atoms with van der Waals surface area (Å²) < 4.78 is 32.7. The van der Waals surface area contributed by atoms with Crippen LogP contribution < -0.4 is 4.74 Å². The molecule has 1 aliphatic rings. The quantitative estimate of drug-likeness (QED) is 0.765. The van der Waals surface area contributed by atoms with Gasteiger partial charge in [-0.2, -0.15) is 4.31 Å². The van der Waals surface area contributed by atoms with E-state index < -0.39 is 16.1 Å². The van der Waals surface area contributed by atoms with E-state index in [0.717, 1.165) is 16.9 Å². The minimum absolute atomic E-state index is 0.216. The van der Waals surface area contributed by atoms with Gasteiger partial charge in [-0.25, -0.2) is 8.42 Å². The zero-order valence-electron chi connectivity index (χ0n) is 16.4. The molecule has 3 rings (SSSR count). The second-order valence-electron chi connectivity index (χ2n) is 7.20. The Balaban J connectivity index is 1.49. The third kappa shape index (κ3) is 4.91. The number of sulfonamides is 1. The predicted octanol–water partition coefficient (Wildman–Crippen LogP) is 2.05. The lowest BCUT2D eigenvalue weighted by Gasteiger charge is -2.34. The van der Waals surface area contributed by atoms with Crippen LogP contribution in [0, 0.1) is 13.8 Å². The van der Waals surface area contributed by atoms with Gasteiger partial charge in [0, 0.05) is 32.7 Å². The SMILES string of the molecule is Cc1cccc(C)c1OCC(O)CN1CCN(S(=O)(=O)c2ccccc2)CC1. The van der Waals surface area contributed by atoms with E-state index in [1.807, 2.05) is 32.0 Å². The minimum Gasteiger partial charge on any atom is -0.490 e. The number of nitrogens with zero attached hydrogens (tertiary/aromatic N) is 2. The molecular formula is C21H28N2O4S. The molecule has 1 unspecified atom stereocenters. The van der Waals surface area contributed by atoms with E-state index in [2.05, 4.69) is 4.90 Å². The average Bonchev–Trinajstić information content (AvgIpc) is 2.69. The van der Waals surface area contributed by atoms with E-state index in [9.17, 15) is 13.5 Å². The molecule has 2 aromatic carbocycles. The molecule has 1 aliphatic heterocycles. The van der Waals surface area contributed by atoms with Gasteiger partial charge >= 0.3 is 0 Å². The van der Waals surface area contributed by atoms with Crippen molar-refractivity contribution in [1.82, 2.24) is 9.21 Å². The first-order valence-electron chi connectivity index (χ1n) is 9.52. The number of hydrogen-bond donors (Lipinski definition) is 1. The molecule has 0 aliphatic carbocycles. The van der Waals surface area contributed by atoms with Crippen LogP contribution in [0.2, 0.25) is 0 Å². The van der Waals surface area contributed by atoms with Crippen molar-refractivity contribution in [3.05, 3.63) is 59.7 Å². The third-order valence-electron chi connectivity index (χ3n) is 5.01. The Kier molecular flexibility index (Phi) is 6.72. The fraction of sp³-hybridized carbons (Fsp3) is 0.429. The summed E-state index contributed by atoms with van der Waals surface area (Å²) in [5.74, 6) is 0.820. The van der Waals surface area contributed by atoms with Crippen molar-refractivity contribution in [2.24, 2.45) is 0 Å². The maximum Gasteiger partial charge on any atom is 0.243 e. The van der Waals surface area contributed by atoms with E-state index >= 15 is 0 Å². The highest BCUT2D eigenvalue weighted by Crippen LogP contribution is 2.22. The smallest absolute Gasteiger partial charge is 0.243 e. The Morgan fingerprint density at radius 3 is 2.18 bits per heavy atom. The van der Waals surface area contributed by atoms with Gasteiger partial charge in [0.15, 0.2) is 0 Å². The number of piperazine rings is 1. The summed E-state index contributed by atoms with van der Waals surface area (Å²) >= 11 is 0. The summed E-state index contributed by atoms with van der Waals surface area (Å²) in [7, 11) is -3.45. The molecule has 0 radical (unpaired) electrons. The molecule has 0 spiro atoms. The molecule has 1 fully saturated rings. The van der Waals surface area contributed by atoms with Crippen LogP contribution in [-0.4, -0.2) is 68.2 Å². The third-order valence-corrected chi connectivity index (χ3v) is 6.92. The Morgan fingerprint density at radius 2 is 1.57 bits per heavy atom. The number of hydrogen-bond acceptors (Lipinski definition) is 5. The van der Waals surface area contributed by atoms with Crippen molar-refractivity contribution in [2.45, 2.75) is 24.8 Å². The fourth-order valence-corrected chi connectivity index (χ4v) is 4.89. The molecule has 0 amide bonds. The Morgan fingerprint density at radius 1 is 0.964 bits per heavy atom. The van der Waals surface area contributed by atoms with Gasteiger partial charge in [0.05, 0.1) is 4.90 Å². The number of benzene rings is 2. The molecule has 1 atom stereocenters. The Bertz CT molecular complexity index is 858. The molecule has 1 saturated heterocycles. The Labute approximate surface area is 167 Å². The molecule has 2 aromatic rings. The van der Waals surface area contributed by atoms with Crippen molar-refractivity contribution in [3.8, 4) is 5.75 Å². The van der Waals surface area contributed by atoms with Crippen molar-refractivity contribution >= 4 is 10.0 Å². The number of ether oxygens (including phenoxy) is 1. The largest absolute Gasteiger partial charge is 0.490 e. The topological polar surface area (TPSA) is 70.1 Å². The van der Waals surface area contributed by atoms with Gasteiger partial charge in [-0.15, -0.1) is 0 Å². The minimum atomic E-state index is -3.45. The molecule has 28 heavy (non-hydrogen) atoms. The van der Waals surface area contributed by atoms with Crippen LogP contribution in [-0.2, 0) is 10.0 Å². The summed E-state index contributed by atoms with van der Waals surface area (Å²) in [5.41, 5.74) is 2.10. The maximum absolute atomic E-state index is 12.7. The van der Waals surface area contributed by atoms with Crippen LogP contribution in [0.25, 0.3) is 0 Å². The number of aliphatic hydroxyl groups is 1. The average molecular weight is 405 g/mol. The van der Waals surface area contributed by atoms with Crippen LogP contribution in [0.5, 0.6) is 5.75 Å². The summed E-state index contributed by atoms with van der Waals surface area (Å²) in [6.45, 7) is 6.67. The van der Waals surface area contributed by atoms with Crippen molar-refractivity contribution in [1.29, 1.82) is 0 Å². The zero-order chi connectivity index (χ0) is 20.1. The van der Waals surface area contributed by atoms with E-state index in [1.54, 1.807) is 30.3 Å². The number of rotatable bonds is 7. The first-order chi connectivity index (χ1) is 13.4. The first kappa shape index (κ1) is 20.8. The molecule has 0 saturated carbocycles. The van der Waals surface area contributed by atoms with E-state index in [0.29, 0.717) is 37.6 Å². The highest BCUT2D eigenvalue weighted by atomic mass is 32.2. The zero-order valence-corrected chi connectivity index (χ0v) is 17.2. The number of β-amino-alcohol motifs (C(OH)–C–C–N with tert-alkyl or cyclic N) is 1. The molecule has 152 valence electrons. The van der Waals surface area contributed by atoms with Gasteiger partial charge in [-0.3, -0.25) is 4.90 Å². The van der Waals surface area contributed by atoms with Gasteiger partial charge in [0.25, 0.3) is 0 Å². The number of aryl methyl sites for hydroxylation is 2. The standard InChI is InChI=1S/C21H28N2O4S/c1-17-7-6-8-18(2)21(17)27-16-19(24)15-22-11-13-23(14-12-22)28(25,26)20-9-4-3-5-10-20/h3-10,19,24H,11-16H2,1-2H3. The van der Waals surface area contributed by atoms with Crippen LogP contribution in [0.15, 0.2) is 53.4 Å². The highest BCUT2D eigenvalue weighted by molar-refractivity contribution is 7.89.